The molecule has 1 aromatic carbocycles. The van der Waals surface area contributed by atoms with Crippen LogP contribution in [0.25, 0.3) is 0 Å². The van der Waals surface area contributed by atoms with Gasteiger partial charge < -0.3 is 15.8 Å². The van der Waals surface area contributed by atoms with Gasteiger partial charge in [-0.25, -0.2) is 4.98 Å². The Hall–Kier alpha value is -2.27. The number of halogens is 1. The van der Waals surface area contributed by atoms with Crippen LogP contribution in [0.3, 0.4) is 0 Å². The van der Waals surface area contributed by atoms with Gasteiger partial charge >= 0.3 is 0 Å². The van der Waals surface area contributed by atoms with Crippen LogP contribution in [-0.4, -0.2) is 17.0 Å². The van der Waals surface area contributed by atoms with E-state index in [2.05, 4.69) is 10.3 Å². The molecular weight excluding hydrogens is 290 g/mol. The number of amides is 1. The van der Waals surface area contributed by atoms with Gasteiger partial charge in [0.2, 0.25) is 0 Å². The van der Waals surface area contributed by atoms with Crippen molar-refractivity contribution in [1.29, 1.82) is 0 Å². The Morgan fingerprint density at radius 3 is 2.52 bits per heavy atom. The fraction of sp³-hybridized carbons (Fsp3) is 0.200. The van der Waals surface area contributed by atoms with Crippen LogP contribution in [0.2, 0.25) is 5.02 Å². The van der Waals surface area contributed by atoms with E-state index >= 15 is 0 Å². The molecule has 0 spiro atoms. The third-order valence-corrected chi connectivity index (χ3v) is 2.87. The largest absolute Gasteiger partial charge is 0.491 e. The predicted molar refractivity (Wildman–Crippen MR) is 83.8 cm³/mol. The molecule has 2 rings (SSSR count). The molecule has 110 valence electrons. The molecule has 1 heterocycles. The second kappa shape index (κ2) is 6.45. The van der Waals surface area contributed by atoms with Crippen LogP contribution in [0, 0.1) is 0 Å². The summed E-state index contributed by atoms with van der Waals surface area (Å²) < 4.78 is 5.53. The molecule has 0 fully saturated rings. The fourth-order valence-electron chi connectivity index (χ4n) is 1.70. The van der Waals surface area contributed by atoms with E-state index in [0.29, 0.717) is 5.69 Å². The van der Waals surface area contributed by atoms with Crippen molar-refractivity contribution in [3.8, 4) is 5.75 Å². The monoisotopic (exact) mass is 305 g/mol. The number of carbonyl (C=O) groups excluding carboxylic acids is 1. The first kappa shape index (κ1) is 15.1. The lowest BCUT2D eigenvalue weighted by atomic mass is 10.2. The smallest absolute Gasteiger partial charge is 0.275 e. The minimum atomic E-state index is -0.412. The average molecular weight is 306 g/mol. The highest BCUT2D eigenvalue weighted by atomic mass is 35.5. The fourth-order valence-corrected chi connectivity index (χ4v) is 1.89. The number of anilines is 2. The highest BCUT2D eigenvalue weighted by Crippen LogP contribution is 2.20. The van der Waals surface area contributed by atoms with Gasteiger partial charge in [-0.05, 0) is 50.2 Å². The second-order valence-electron chi connectivity index (χ2n) is 4.71. The van der Waals surface area contributed by atoms with Crippen LogP contribution in [0.1, 0.15) is 24.3 Å². The molecule has 0 saturated carbocycles. The molecule has 0 bridgehead atoms. The molecule has 0 radical (unpaired) electrons. The van der Waals surface area contributed by atoms with E-state index in [1.807, 2.05) is 13.8 Å². The number of rotatable bonds is 4. The average Bonchev–Trinajstić information content (AvgIpc) is 2.43. The molecule has 0 atom stereocenters. The molecule has 21 heavy (non-hydrogen) atoms. The summed E-state index contributed by atoms with van der Waals surface area (Å²) in [5, 5.41) is 2.96. The van der Waals surface area contributed by atoms with Crippen LogP contribution in [0.5, 0.6) is 5.75 Å². The van der Waals surface area contributed by atoms with Gasteiger partial charge in [0.15, 0.2) is 0 Å². The van der Waals surface area contributed by atoms with E-state index in [-0.39, 0.29) is 22.6 Å². The number of nitrogens with zero attached hydrogens (tertiary/aromatic N) is 1. The predicted octanol–water partition coefficient (Wildman–Crippen LogP) is 3.36. The maximum absolute atomic E-state index is 12.1. The van der Waals surface area contributed by atoms with Gasteiger partial charge in [-0.1, -0.05) is 11.6 Å². The Kier molecular flexibility index (Phi) is 4.65. The number of nitrogens with two attached hydrogens (primary N) is 1. The topological polar surface area (TPSA) is 77.2 Å². The highest BCUT2D eigenvalue weighted by Gasteiger charge is 2.13. The summed E-state index contributed by atoms with van der Waals surface area (Å²) in [6.07, 6.45) is 0.0979. The van der Waals surface area contributed by atoms with Crippen LogP contribution in [-0.2, 0) is 0 Å². The van der Waals surface area contributed by atoms with Crippen molar-refractivity contribution in [2.45, 2.75) is 20.0 Å². The zero-order valence-corrected chi connectivity index (χ0v) is 12.5. The van der Waals surface area contributed by atoms with Crippen LogP contribution in [0.4, 0.5) is 11.5 Å². The number of hydrogen-bond acceptors (Lipinski definition) is 4. The SMILES string of the molecule is CC(C)Oc1ccc(NC(=O)c2nc(N)ccc2Cl)cc1. The number of pyridine rings is 1. The summed E-state index contributed by atoms with van der Waals surface area (Å²) in [5.41, 5.74) is 6.28. The molecule has 0 aliphatic rings. The van der Waals surface area contributed by atoms with Crippen molar-refractivity contribution >= 4 is 29.0 Å². The summed E-state index contributed by atoms with van der Waals surface area (Å²) in [6.45, 7) is 3.90. The zero-order valence-electron chi connectivity index (χ0n) is 11.8. The van der Waals surface area contributed by atoms with Gasteiger partial charge in [0, 0.05) is 5.69 Å². The highest BCUT2D eigenvalue weighted by molar-refractivity contribution is 6.34. The Balaban J connectivity index is 2.10. The minimum Gasteiger partial charge on any atom is -0.491 e. The van der Waals surface area contributed by atoms with Crippen molar-refractivity contribution in [3.05, 3.63) is 47.1 Å². The van der Waals surface area contributed by atoms with E-state index in [1.54, 1.807) is 30.3 Å². The van der Waals surface area contributed by atoms with Crippen molar-refractivity contribution in [2.75, 3.05) is 11.1 Å². The minimum absolute atomic E-state index is 0.0965. The van der Waals surface area contributed by atoms with Gasteiger partial charge in [-0.3, -0.25) is 4.79 Å². The van der Waals surface area contributed by atoms with Gasteiger partial charge in [-0.2, -0.15) is 0 Å². The zero-order chi connectivity index (χ0) is 15.4. The van der Waals surface area contributed by atoms with Crippen molar-refractivity contribution in [2.24, 2.45) is 0 Å². The molecule has 5 nitrogen and oxygen atoms in total. The molecule has 2 aromatic rings. The lowest BCUT2D eigenvalue weighted by Crippen LogP contribution is -2.15. The Bertz CT molecular complexity index is 642. The first-order valence-corrected chi connectivity index (χ1v) is 6.83. The Morgan fingerprint density at radius 2 is 1.90 bits per heavy atom. The quantitative estimate of drug-likeness (QED) is 0.908. The number of aromatic nitrogens is 1. The van der Waals surface area contributed by atoms with E-state index in [0.717, 1.165) is 5.75 Å². The third-order valence-electron chi connectivity index (χ3n) is 2.57. The number of benzene rings is 1. The lowest BCUT2D eigenvalue weighted by Gasteiger charge is -2.11. The first-order valence-electron chi connectivity index (χ1n) is 6.46. The van der Waals surface area contributed by atoms with Gasteiger partial charge in [0.25, 0.3) is 5.91 Å². The van der Waals surface area contributed by atoms with E-state index in [1.165, 1.54) is 6.07 Å². The summed E-state index contributed by atoms with van der Waals surface area (Å²) in [5.74, 6) is 0.568. The molecule has 1 amide bonds. The maximum atomic E-state index is 12.1. The maximum Gasteiger partial charge on any atom is 0.275 e. The number of carbonyl (C=O) groups is 1. The summed E-state index contributed by atoms with van der Waals surface area (Å²) in [7, 11) is 0. The van der Waals surface area contributed by atoms with Crippen molar-refractivity contribution in [3.63, 3.8) is 0 Å². The first-order chi connectivity index (χ1) is 9.95. The summed E-state index contributed by atoms with van der Waals surface area (Å²) in [6, 6.07) is 10.1. The van der Waals surface area contributed by atoms with Crippen LogP contribution < -0.4 is 15.8 Å². The number of ether oxygens (including phenoxy) is 1. The lowest BCUT2D eigenvalue weighted by molar-refractivity contribution is 0.102. The third kappa shape index (κ3) is 4.10. The molecule has 1 aromatic heterocycles. The van der Waals surface area contributed by atoms with Gasteiger partial charge in [-0.15, -0.1) is 0 Å². The number of nitrogens with one attached hydrogen (secondary N) is 1. The van der Waals surface area contributed by atoms with Crippen LogP contribution in [0.15, 0.2) is 36.4 Å². The molecule has 3 N–H and O–H groups in total. The standard InChI is InChI=1S/C15H16ClN3O2/c1-9(2)21-11-5-3-10(4-6-11)18-15(20)14-12(16)7-8-13(17)19-14/h3-9H,1-2H3,(H2,17,19)(H,18,20). The normalized spacial score (nSPS) is 10.5. The molecule has 0 aliphatic heterocycles. The van der Waals surface area contributed by atoms with Crippen LogP contribution >= 0.6 is 11.6 Å². The van der Waals surface area contributed by atoms with E-state index in [4.69, 9.17) is 22.1 Å². The van der Waals surface area contributed by atoms with E-state index < -0.39 is 5.91 Å². The van der Waals surface area contributed by atoms with Gasteiger partial charge in [0.1, 0.15) is 17.3 Å². The van der Waals surface area contributed by atoms with Gasteiger partial charge in [0.05, 0.1) is 11.1 Å². The molecule has 0 unspecified atom stereocenters. The van der Waals surface area contributed by atoms with Crippen molar-refractivity contribution in [1.82, 2.24) is 4.98 Å². The Morgan fingerprint density at radius 1 is 1.24 bits per heavy atom. The molecule has 0 aliphatic carbocycles. The molecular formula is C15H16ClN3O2. The molecule has 6 heteroatoms. The van der Waals surface area contributed by atoms with E-state index in [9.17, 15) is 4.79 Å². The second-order valence-corrected chi connectivity index (χ2v) is 5.12. The summed E-state index contributed by atoms with van der Waals surface area (Å²) >= 11 is 5.94. The number of nitrogen functional groups attached to an aromatic ring is 1. The summed E-state index contributed by atoms with van der Waals surface area (Å²) in [4.78, 5) is 16.0. The number of hydrogen-bond donors (Lipinski definition) is 2. The Labute approximate surface area is 128 Å². The van der Waals surface area contributed by atoms with Crippen molar-refractivity contribution < 1.29 is 9.53 Å². The molecule has 0 saturated heterocycles.